The highest BCUT2D eigenvalue weighted by molar-refractivity contribution is 5.41. The Bertz CT molecular complexity index is 734. The number of aryl methyl sites for hydroxylation is 1. The van der Waals surface area contributed by atoms with Gasteiger partial charge in [-0.2, -0.15) is 0 Å². The molecule has 0 radical (unpaired) electrons. The number of nitrogens with zero attached hydrogens (tertiary/aromatic N) is 4. The number of rotatable bonds is 4. The van der Waals surface area contributed by atoms with Crippen LogP contribution in [0.15, 0.2) is 23.5 Å². The number of halogens is 1. The summed E-state index contributed by atoms with van der Waals surface area (Å²) in [6.07, 6.45) is 6.73. The van der Waals surface area contributed by atoms with E-state index in [1.807, 2.05) is 11.8 Å². The molecule has 8 heteroatoms. The lowest BCUT2D eigenvalue weighted by Crippen LogP contribution is -2.44. The van der Waals surface area contributed by atoms with Gasteiger partial charge in [-0.1, -0.05) is 6.92 Å². The van der Waals surface area contributed by atoms with E-state index in [4.69, 9.17) is 0 Å². The minimum atomic E-state index is -0.400. The Morgan fingerprint density at radius 2 is 2.30 bits per heavy atom. The van der Waals surface area contributed by atoms with Gasteiger partial charge in [0.1, 0.15) is 6.33 Å². The lowest BCUT2D eigenvalue weighted by atomic mass is 10.1. The number of hydrogen-bond acceptors (Lipinski definition) is 6. The van der Waals surface area contributed by atoms with Crippen molar-refractivity contribution in [2.45, 2.75) is 32.2 Å². The van der Waals surface area contributed by atoms with Crippen LogP contribution in [0.2, 0.25) is 0 Å². The standard InChI is InChI=1S/C15H19FN6O/c1-2-11-12(16)13(20-9-19-11)21-10-4-3-7-22(8-10)14-15(23)18-6-5-17-14/h5-6,9-10H,2-4,7-8H2,1H3,(H,18,23)(H,19,20,21). The second-order valence-corrected chi connectivity index (χ2v) is 5.51. The minimum Gasteiger partial charge on any atom is -0.363 e. The molecule has 1 atom stereocenters. The maximum atomic E-state index is 14.2. The molecule has 2 aromatic heterocycles. The number of aromatic nitrogens is 4. The topological polar surface area (TPSA) is 86.8 Å². The molecule has 1 aliphatic rings. The highest BCUT2D eigenvalue weighted by Gasteiger charge is 2.24. The predicted octanol–water partition coefficient (Wildman–Crippen LogP) is 1.34. The molecule has 1 saturated heterocycles. The van der Waals surface area contributed by atoms with Gasteiger partial charge in [0.05, 0.1) is 5.69 Å². The summed E-state index contributed by atoms with van der Waals surface area (Å²) in [7, 11) is 0. The van der Waals surface area contributed by atoms with Gasteiger partial charge in [-0.25, -0.2) is 19.3 Å². The third-order valence-corrected chi connectivity index (χ3v) is 3.95. The predicted molar refractivity (Wildman–Crippen MR) is 85.1 cm³/mol. The molecule has 0 bridgehead atoms. The van der Waals surface area contributed by atoms with E-state index in [1.54, 1.807) is 6.20 Å². The third-order valence-electron chi connectivity index (χ3n) is 3.95. The SMILES string of the molecule is CCc1ncnc(NC2CCCN(c3ncc[nH]c3=O)C2)c1F. The highest BCUT2D eigenvalue weighted by Crippen LogP contribution is 2.20. The first-order chi connectivity index (χ1) is 11.2. The van der Waals surface area contributed by atoms with Crippen molar-refractivity contribution in [3.05, 3.63) is 40.6 Å². The average Bonchev–Trinajstić information content (AvgIpc) is 2.57. The number of H-pyrrole nitrogens is 1. The molecule has 0 amide bonds. The lowest BCUT2D eigenvalue weighted by molar-refractivity contribution is 0.517. The van der Waals surface area contributed by atoms with Crippen LogP contribution in [0.5, 0.6) is 0 Å². The van der Waals surface area contributed by atoms with Gasteiger partial charge in [-0.3, -0.25) is 4.79 Å². The van der Waals surface area contributed by atoms with E-state index in [2.05, 4.69) is 25.3 Å². The highest BCUT2D eigenvalue weighted by atomic mass is 19.1. The van der Waals surface area contributed by atoms with Gasteiger partial charge in [0.2, 0.25) is 0 Å². The van der Waals surface area contributed by atoms with Crippen LogP contribution in [0.3, 0.4) is 0 Å². The van der Waals surface area contributed by atoms with Gasteiger partial charge >= 0.3 is 0 Å². The van der Waals surface area contributed by atoms with Gasteiger partial charge in [-0.15, -0.1) is 0 Å². The number of piperidine rings is 1. The molecule has 0 spiro atoms. The van der Waals surface area contributed by atoms with Crippen molar-refractivity contribution in [2.24, 2.45) is 0 Å². The van der Waals surface area contributed by atoms with Crippen LogP contribution in [0.25, 0.3) is 0 Å². The minimum absolute atomic E-state index is 0.000683. The summed E-state index contributed by atoms with van der Waals surface area (Å²) < 4.78 is 14.2. The molecule has 0 aromatic carbocycles. The van der Waals surface area contributed by atoms with Crippen molar-refractivity contribution in [2.75, 3.05) is 23.3 Å². The molecule has 7 nitrogen and oxygen atoms in total. The Hall–Kier alpha value is -2.51. The second-order valence-electron chi connectivity index (χ2n) is 5.51. The van der Waals surface area contributed by atoms with Crippen LogP contribution in [0.1, 0.15) is 25.5 Å². The molecule has 122 valence electrons. The maximum Gasteiger partial charge on any atom is 0.290 e. The molecule has 1 fully saturated rings. The number of anilines is 2. The fraction of sp³-hybridized carbons (Fsp3) is 0.467. The normalized spacial score (nSPS) is 18.0. The van der Waals surface area contributed by atoms with Crippen molar-refractivity contribution in [3.8, 4) is 0 Å². The largest absolute Gasteiger partial charge is 0.363 e. The molecular formula is C15H19FN6O. The van der Waals surface area contributed by atoms with Crippen LogP contribution >= 0.6 is 0 Å². The zero-order valence-electron chi connectivity index (χ0n) is 12.9. The van der Waals surface area contributed by atoms with Crippen molar-refractivity contribution >= 4 is 11.6 Å². The van der Waals surface area contributed by atoms with E-state index in [-0.39, 0.29) is 17.4 Å². The van der Waals surface area contributed by atoms with Crippen molar-refractivity contribution in [1.82, 2.24) is 19.9 Å². The smallest absolute Gasteiger partial charge is 0.290 e. The monoisotopic (exact) mass is 318 g/mol. The van der Waals surface area contributed by atoms with E-state index in [9.17, 15) is 9.18 Å². The summed E-state index contributed by atoms with van der Waals surface area (Å²) in [6, 6.07) is -0.000683. The van der Waals surface area contributed by atoms with Crippen LogP contribution in [-0.4, -0.2) is 39.1 Å². The van der Waals surface area contributed by atoms with E-state index in [0.29, 0.717) is 24.5 Å². The first-order valence-electron chi connectivity index (χ1n) is 7.73. The molecular weight excluding hydrogens is 299 g/mol. The summed E-state index contributed by atoms with van der Waals surface area (Å²) >= 11 is 0. The van der Waals surface area contributed by atoms with Crippen molar-refractivity contribution in [3.63, 3.8) is 0 Å². The first-order valence-corrected chi connectivity index (χ1v) is 7.73. The van der Waals surface area contributed by atoms with Gasteiger partial charge in [0.15, 0.2) is 17.5 Å². The Balaban J connectivity index is 1.75. The summed E-state index contributed by atoms with van der Waals surface area (Å²) in [4.78, 5) is 28.5. The Morgan fingerprint density at radius 3 is 3.09 bits per heavy atom. The zero-order valence-corrected chi connectivity index (χ0v) is 12.9. The number of hydrogen-bond donors (Lipinski definition) is 2. The molecule has 3 rings (SSSR count). The fourth-order valence-electron chi connectivity index (χ4n) is 2.80. The molecule has 23 heavy (non-hydrogen) atoms. The molecule has 1 aliphatic heterocycles. The fourth-order valence-corrected chi connectivity index (χ4v) is 2.80. The third kappa shape index (κ3) is 3.30. The molecule has 2 N–H and O–H groups in total. The maximum absolute atomic E-state index is 14.2. The van der Waals surface area contributed by atoms with Crippen molar-refractivity contribution in [1.29, 1.82) is 0 Å². The summed E-state index contributed by atoms with van der Waals surface area (Å²) in [5.74, 6) is 0.220. The zero-order chi connectivity index (χ0) is 16.2. The Kier molecular flexibility index (Phi) is 4.50. The van der Waals surface area contributed by atoms with E-state index < -0.39 is 5.82 Å². The van der Waals surface area contributed by atoms with Crippen LogP contribution in [-0.2, 0) is 6.42 Å². The van der Waals surface area contributed by atoms with Gasteiger partial charge in [0.25, 0.3) is 5.56 Å². The molecule has 0 aliphatic carbocycles. The second kappa shape index (κ2) is 6.72. The van der Waals surface area contributed by atoms with Crippen molar-refractivity contribution < 1.29 is 4.39 Å². The number of aromatic amines is 1. The molecule has 0 saturated carbocycles. The number of nitrogens with one attached hydrogen (secondary N) is 2. The molecule has 3 heterocycles. The van der Waals surface area contributed by atoms with Crippen LogP contribution < -0.4 is 15.8 Å². The van der Waals surface area contributed by atoms with Crippen LogP contribution in [0.4, 0.5) is 16.0 Å². The summed E-state index contributed by atoms with van der Waals surface area (Å²) in [6.45, 7) is 3.18. The van der Waals surface area contributed by atoms with Crippen LogP contribution in [0, 0.1) is 5.82 Å². The molecule has 2 aromatic rings. The summed E-state index contributed by atoms with van der Waals surface area (Å²) in [5.41, 5.74) is 0.186. The average molecular weight is 318 g/mol. The van der Waals surface area contributed by atoms with E-state index in [0.717, 1.165) is 19.4 Å². The van der Waals surface area contributed by atoms with Gasteiger partial charge < -0.3 is 15.2 Å². The Labute approximate surface area is 133 Å². The van der Waals surface area contributed by atoms with E-state index >= 15 is 0 Å². The quantitative estimate of drug-likeness (QED) is 0.885. The van der Waals surface area contributed by atoms with E-state index in [1.165, 1.54) is 12.5 Å². The molecule has 1 unspecified atom stereocenters. The lowest BCUT2D eigenvalue weighted by Gasteiger charge is -2.33. The Morgan fingerprint density at radius 1 is 1.43 bits per heavy atom. The summed E-state index contributed by atoms with van der Waals surface area (Å²) in [5, 5.41) is 3.14. The van der Waals surface area contributed by atoms with Gasteiger partial charge in [-0.05, 0) is 19.3 Å². The van der Waals surface area contributed by atoms with Gasteiger partial charge in [0, 0.05) is 31.5 Å². The first kappa shape index (κ1) is 15.4.